The maximum absolute atomic E-state index is 10.8. The molecule has 0 aliphatic carbocycles. The van der Waals surface area contributed by atoms with E-state index in [2.05, 4.69) is 26.1 Å². The predicted molar refractivity (Wildman–Crippen MR) is 91.4 cm³/mol. The van der Waals surface area contributed by atoms with Gasteiger partial charge in [-0.25, -0.2) is 0 Å². The van der Waals surface area contributed by atoms with Crippen molar-refractivity contribution >= 4 is 21.6 Å². The Hall–Kier alpha value is -2.94. The first kappa shape index (κ1) is 16.9. The van der Waals surface area contributed by atoms with Crippen LogP contribution in [0.3, 0.4) is 0 Å². The van der Waals surface area contributed by atoms with Crippen LogP contribution in [0.25, 0.3) is 11.5 Å². The minimum Gasteiger partial charge on any atom is -0.493 e. The number of nitro benzene ring substituents is 1. The molecule has 1 aromatic heterocycles. The Balaban J connectivity index is 1.73. The van der Waals surface area contributed by atoms with Gasteiger partial charge in [-0.1, -0.05) is 22.0 Å². The highest BCUT2D eigenvalue weighted by molar-refractivity contribution is 9.10. The van der Waals surface area contributed by atoms with Crippen molar-refractivity contribution in [2.45, 2.75) is 6.61 Å². The number of hydrogen-bond acceptors (Lipinski definition) is 7. The Morgan fingerprint density at radius 1 is 1.20 bits per heavy atom. The molecule has 8 nitrogen and oxygen atoms in total. The van der Waals surface area contributed by atoms with E-state index in [0.717, 1.165) is 10.0 Å². The van der Waals surface area contributed by atoms with Crippen LogP contribution in [0, 0.1) is 10.1 Å². The predicted octanol–water partition coefficient (Wildman–Crippen LogP) is 3.99. The quantitative estimate of drug-likeness (QED) is 0.451. The summed E-state index contributed by atoms with van der Waals surface area (Å²) in [6.45, 7) is 0.00910. The van der Waals surface area contributed by atoms with E-state index in [-0.39, 0.29) is 23.9 Å². The topological polar surface area (TPSA) is 101 Å². The van der Waals surface area contributed by atoms with E-state index in [1.54, 1.807) is 0 Å². The zero-order valence-electron chi connectivity index (χ0n) is 13.0. The first-order valence-corrected chi connectivity index (χ1v) is 7.89. The van der Waals surface area contributed by atoms with Crippen molar-refractivity contribution in [3.63, 3.8) is 0 Å². The van der Waals surface area contributed by atoms with Crippen molar-refractivity contribution < 1.29 is 18.8 Å². The molecule has 9 heteroatoms. The summed E-state index contributed by atoms with van der Waals surface area (Å²) >= 11 is 3.38. The minimum atomic E-state index is -0.505. The Labute approximate surface area is 150 Å². The van der Waals surface area contributed by atoms with Crippen LogP contribution in [-0.4, -0.2) is 22.2 Å². The van der Waals surface area contributed by atoms with Crippen LogP contribution < -0.4 is 9.47 Å². The molecule has 0 saturated heterocycles. The van der Waals surface area contributed by atoms with Crippen molar-refractivity contribution in [2.75, 3.05) is 7.11 Å². The van der Waals surface area contributed by atoms with Crippen LogP contribution in [0.5, 0.6) is 11.5 Å². The van der Waals surface area contributed by atoms with E-state index in [9.17, 15) is 10.1 Å². The maximum atomic E-state index is 10.8. The van der Waals surface area contributed by atoms with E-state index < -0.39 is 4.92 Å². The van der Waals surface area contributed by atoms with E-state index in [1.807, 2.05) is 24.3 Å². The fraction of sp³-hybridized carbons (Fsp3) is 0.125. The molecule has 0 bridgehead atoms. The number of benzene rings is 2. The molecular formula is C16H12BrN3O5. The zero-order valence-corrected chi connectivity index (χ0v) is 14.6. The zero-order chi connectivity index (χ0) is 17.8. The van der Waals surface area contributed by atoms with Gasteiger partial charge in [-0.3, -0.25) is 10.1 Å². The van der Waals surface area contributed by atoms with Crippen LogP contribution >= 0.6 is 15.9 Å². The molecule has 0 aliphatic heterocycles. The smallest absolute Gasteiger partial charge is 0.273 e. The maximum Gasteiger partial charge on any atom is 0.273 e. The fourth-order valence-electron chi connectivity index (χ4n) is 2.08. The van der Waals surface area contributed by atoms with Crippen LogP contribution in [0.2, 0.25) is 0 Å². The van der Waals surface area contributed by atoms with Crippen molar-refractivity contribution in [3.05, 3.63) is 62.9 Å². The summed E-state index contributed by atoms with van der Waals surface area (Å²) in [5.74, 6) is 1.24. The van der Waals surface area contributed by atoms with Gasteiger partial charge in [0.25, 0.3) is 11.6 Å². The van der Waals surface area contributed by atoms with E-state index in [4.69, 9.17) is 13.9 Å². The van der Waals surface area contributed by atoms with E-state index in [0.29, 0.717) is 11.6 Å². The standard InChI is InChI=1S/C16H12BrN3O5/c1-23-14-8-12(20(21)22)5-6-13(14)24-9-15-18-19-16(25-15)10-3-2-4-11(17)7-10/h2-8H,9H2,1H3. The highest BCUT2D eigenvalue weighted by Crippen LogP contribution is 2.31. The number of non-ortho nitro benzene ring substituents is 1. The van der Waals surface area contributed by atoms with Gasteiger partial charge in [0.05, 0.1) is 18.1 Å². The fourth-order valence-corrected chi connectivity index (χ4v) is 2.48. The Morgan fingerprint density at radius 2 is 2.04 bits per heavy atom. The summed E-state index contributed by atoms with van der Waals surface area (Å²) < 4.78 is 17.1. The largest absolute Gasteiger partial charge is 0.493 e. The normalized spacial score (nSPS) is 10.5. The van der Waals surface area contributed by atoms with Crippen molar-refractivity contribution in [2.24, 2.45) is 0 Å². The van der Waals surface area contributed by atoms with Gasteiger partial charge >= 0.3 is 0 Å². The molecule has 2 aromatic carbocycles. The van der Waals surface area contributed by atoms with Crippen LogP contribution in [0.15, 0.2) is 51.4 Å². The molecule has 0 unspecified atom stereocenters. The number of methoxy groups -OCH3 is 1. The Morgan fingerprint density at radius 3 is 2.76 bits per heavy atom. The van der Waals surface area contributed by atoms with Gasteiger partial charge in [-0.05, 0) is 24.3 Å². The van der Waals surface area contributed by atoms with Crippen molar-refractivity contribution in [1.82, 2.24) is 10.2 Å². The molecule has 0 radical (unpaired) electrons. The average molecular weight is 406 g/mol. The van der Waals surface area contributed by atoms with Gasteiger partial charge in [0, 0.05) is 16.1 Å². The third-order valence-electron chi connectivity index (χ3n) is 3.25. The lowest BCUT2D eigenvalue weighted by Gasteiger charge is -2.08. The van der Waals surface area contributed by atoms with Gasteiger partial charge in [0.1, 0.15) is 0 Å². The molecule has 1 heterocycles. The summed E-state index contributed by atoms with van der Waals surface area (Å²) in [7, 11) is 1.41. The van der Waals surface area contributed by atoms with Gasteiger partial charge in [0.15, 0.2) is 18.1 Å². The lowest BCUT2D eigenvalue weighted by Crippen LogP contribution is -1.99. The van der Waals surface area contributed by atoms with Crippen LogP contribution in [0.4, 0.5) is 5.69 Å². The lowest BCUT2D eigenvalue weighted by atomic mass is 10.2. The van der Waals surface area contributed by atoms with Crippen LogP contribution in [0.1, 0.15) is 5.89 Å². The third kappa shape index (κ3) is 3.94. The highest BCUT2D eigenvalue weighted by atomic mass is 79.9. The average Bonchev–Trinajstić information content (AvgIpc) is 3.08. The summed E-state index contributed by atoms with van der Waals surface area (Å²) in [4.78, 5) is 10.3. The molecule has 3 aromatic rings. The van der Waals surface area contributed by atoms with Gasteiger partial charge in [-0.2, -0.15) is 0 Å². The monoisotopic (exact) mass is 405 g/mol. The number of hydrogen-bond donors (Lipinski definition) is 0. The number of ether oxygens (including phenoxy) is 2. The van der Waals surface area contributed by atoms with E-state index in [1.165, 1.54) is 25.3 Å². The minimum absolute atomic E-state index is 0.00910. The summed E-state index contributed by atoms with van der Waals surface area (Å²) in [6.07, 6.45) is 0. The summed E-state index contributed by atoms with van der Waals surface area (Å²) in [6, 6.07) is 11.5. The SMILES string of the molecule is COc1cc([N+](=O)[O-])ccc1OCc1nnc(-c2cccc(Br)c2)o1. The van der Waals surface area contributed by atoms with Gasteiger partial charge in [-0.15, -0.1) is 10.2 Å². The number of halogens is 1. The van der Waals surface area contributed by atoms with Gasteiger partial charge in [0.2, 0.25) is 5.89 Å². The summed E-state index contributed by atoms with van der Waals surface area (Å²) in [5.41, 5.74) is 0.694. The molecule has 3 rings (SSSR count). The Bertz CT molecular complexity index is 912. The molecule has 25 heavy (non-hydrogen) atoms. The summed E-state index contributed by atoms with van der Waals surface area (Å²) in [5, 5.41) is 18.7. The second-order valence-corrected chi connectivity index (χ2v) is 5.81. The molecule has 0 N–H and O–H groups in total. The molecule has 0 amide bonds. The second kappa shape index (κ2) is 7.31. The Kier molecular flexibility index (Phi) is 4.94. The van der Waals surface area contributed by atoms with Gasteiger partial charge < -0.3 is 13.9 Å². The lowest BCUT2D eigenvalue weighted by molar-refractivity contribution is -0.385. The van der Waals surface area contributed by atoms with E-state index >= 15 is 0 Å². The molecule has 128 valence electrons. The third-order valence-corrected chi connectivity index (χ3v) is 3.74. The molecule has 0 spiro atoms. The second-order valence-electron chi connectivity index (χ2n) is 4.89. The van der Waals surface area contributed by atoms with Crippen molar-refractivity contribution in [1.29, 1.82) is 0 Å². The first-order valence-electron chi connectivity index (χ1n) is 7.10. The van der Waals surface area contributed by atoms with Crippen LogP contribution in [-0.2, 0) is 6.61 Å². The molecule has 0 aliphatic rings. The number of rotatable bonds is 6. The number of nitrogens with zero attached hydrogens (tertiary/aromatic N) is 3. The molecule has 0 saturated carbocycles. The number of aromatic nitrogens is 2. The molecular weight excluding hydrogens is 394 g/mol. The first-order chi connectivity index (χ1) is 12.1. The van der Waals surface area contributed by atoms with Crippen molar-refractivity contribution in [3.8, 4) is 23.0 Å². The highest BCUT2D eigenvalue weighted by Gasteiger charge is 2.14. The number of nitro groups is 1. The molecule has 0 fully saturated rings. The molecule has 0 atom stereocenters.